The van der Waals surface area contributed by atoms with E-state index in [2.05, 4.69) is 19.2 Å². The number of methoxy groups -OCH3 is 1. The molecule has 1 aromatic heterocycles. The fourth-order valence-corrected chi connectivity index (χ4v) is 3.18. The highest BCUT2D eigenvalue weighted by molar-refractivity contribution is 5.25. The molecule has 4 nitrogen and oxygen atoms in total. The highest BCUT2D eigenvalue weighted by Crippen LogP contribution is 2.31. The first-order chi connectivity index (χ1) is 10.2. The number of aromatic nitrogens is 2. The van der Waals surface area contributed by atoms with Crippen molar-refractivity contribution in [3.8, 4) is 0 Å². The molecule has 21 heavy (non-hydrogen) atoms. The molecule has 118 valence electrons. The molecular formula is C17H29N3O. The number of nitrogens with one attached hydrogen (secondary N) is 1. The van der Waals surface area contributed by atoms with Crippen LogP contribution in [0.2, 0.25) is 0 Å². The molecule has 1 aliphatic carbocycles. The van der Waals surface area contributed by atoms with E-state index in [0.717, 1.165) is 43.3 Å². The summed E-state index contributed by atoms with van der Waals surface area (Å²) >= 11 is 0. The monoisotopic (exact) mass is 291 g/mol. The van der Waals surface area contributed by atoms with Gasteiger partial charge in [0.15, 0.2) is 0 Å². The average molecular weight is 291 g/mol. The van der Waals surface area contributed by atoms with Crippen LogP contribution in [0.25, 0.3) is 0 Å². The van der Waals surface area contributed by atoms with Gasteiger partial charge in [-0.25, -0.2) is 9.97 Å². The summed E-state index contributed by atoms with van der Waals surface area (Å²) < 4.78 is 5.04. The molecule has 1 saturated carbocycles. The summed E-state index contributed by atoms with van der Waals surface area (Å²) in [4.78, 5) is 9.62. The van der Waals surface area contributed by atoms with Crippen LogP contribution in [0.4, 0.5) is 0 Å². The Morgan fingerprint density at radius 2 is 1.71 bits per heavy atom. The number of aryl methyl sites for hydroxylation is 2. The van der Waals surface area contributed by atoms with E-state index in [1.165, 1.54) is 37.7 Å². The lowest BCUT2D eigenvalue weighted by molar-refractivity contribution is 0.199. The first-order valence-corrected chi connectivity index (χ1v) is 8.26. The lowest BCUT2D eigenvalue weighted by Gasteiger charge is -2.21. The summed E-state index contributed by atoms with van der Waals surface area (Å²) in [5.41, 5.74) is 3.63. The van der Waals surface area contributed by atoms with Crippen molar-refractivity contribution in [2.24, 2.45) is 0 Å². The largest absolute Gasteiger partial charge is 0.383 e. The van der Waals surface area contributed by atoms with E-state index < -0.39 is 0 Å². The molecule has 0 bridgehead atoms. The number of rotatable bonds is 7. The van der Waals surface area contributed by atoms with Crippen LogP contribution >= 0.6 is 0 Å². The van der Waals surface area contributed by atoms with E-state index >= 15 is 0 Å². The van der Waals surface area contributed by atoms with Gasteiger partial charge in [0.25, 0.3) is 0 Å². The fourth-order valence-electron chi connectivity index (χ4n) is 3.18. The van der Waals surface area contributed by atoms with Crippen LogP contribution in [0, 0.1) is 13.8 Å². The topological polar surface area (TPSA) is 47.0 Å². The summed E-state index contributed by atoms with van der Waals surface area (Å²) in [6, 6.07) is 0. The molecule has 1 heterocycles. The number of hydrogen-bond acceptors (Lipinski definition) is 4. The molecule has 0 saturated heterocycles. The molecule has 0 radical (unpaired) electrons. The van der Waals surface area contributed by atoms with Gasteiger partial charge in [-0.3, -0.25) is 0 Å². The van der Waals surface area contributed by atoms with Gasteiger partial charge in [-0.05, 0) is 45.2 Å². The van der Waals surface area contributed by atoms with Crippen molar-refractivity contribution in [1.29, 1.82) is 0 Å². The van der Waals surface area contributed by atoms with E-state index in [1.807, 2.05) is 0 Å². The van der Waals surface area contributed by atoms with E-state index in [1.54, 1.807) is 7.11 Å². The number of ether oxygens (including phenoxy) is 1. The molecule has 1 fully saturated rings. The molecule has 1 aliphatic rings. The first-order valence-electron chi connectivity index (χ1n) is 8.26. The highest BCUT2D eigenvalue weighted by Gasteiger charge is 2.19. The Bertz CT molecular complexity index is 419. The Morgan fingerprint density at radius 1 is 1.05 bits per heavy atom. The molecule has 1 aromatic rings. The van der Waals surface area contributed by atoms with Crippen molar-refractivity contribution in [3.05, 3.63) is 22.8 Å². The Morgan fingerprint density at radius 3 is 2.33 bits per heavy atom. The fraction of sp³-hybridized carbons (Fsp3) is 0.765. The molecule has 1 N–H and O–H groups in total. The van der Waals surface area contributed by atoms with Gasteiger partial charge in [-0.1, -0.05) is 19.3 Å². The lowest BCUT2D eigenvalue weighted by Crippen LogP contribution is -2.23. The lowest BCUT2D eigenvalue weighted by atomic mass is 9.88. The molecule has 0 unspecified atom stereocenters. The SMILES string of the molecule is COCCNCCc1c(C)nc(C2CCCCC2)nc1C. The van der Waals surface area contributed by atoms with Gasteiger partial charge in [0.2, 0.25) is 0 Å². The molecule has 0 spiro atoms. The Kier molecular flexibility index (Phi) is 6.58. The second-order valence-electron chi connectivity index (χ2n) is 6.06. The third-order valence-corrected chi connectivity index (χ3v) is 4.44. The van der Waals surface area contributed by atoms with Crippen LogP contribution in [0.15, 0.2) is 0 Å². The van der Waals surface area contributed by atoms with Crippen molar-refractivity contribution in [2.75, 3.05) is 26.8 Å². The van der Waals surface area contributed by atoms with Crippen LogP contribution in [-0.4, -0.2) is 36.8 Å². The van der Waals surface area contributed by atoms with Gasteiger partial charge in [0.1, 0.15) is 5.82 Å². The maximum atomic E-state index is 5.04. The van der Waals surface area contributed by atoms with Gasteiger partial charge in [0.05, 0.1) is 6.61 Å². The van der Waals surface area contributed by atoms with E-state index in [0.29, 0.717) is 5.92 Å². The van der Waals surface area contributed by atoms with Crippen molar-refractivity contribution in [1.82, 2.24) is 15.3 Å². The first kappa shape index (κ1) is 16.4. The second kappa shape index (κ2) is 8.44. The second-order valence-corrected chi connectivity index (χ2v) is 6.06. The summed E-state index contributed by atoms with van der Waals surface area (Å²) in [5, 5.41) is 3.39. The minimum Gasteiger partial charge on any atom is -0.383 e. The van der Waals surface area contributed by atoms with Gasteiger partial charge in [0, 0.05) is 31.0 Å². The zero-order valence-electron chi connectivity index (χ0n) is 13.7. The van der Waals surface area contributed by atoms with E-state index in [9.17, 15) is 0 Å². The van der Waals surface area contributed by atoms with Crippen LogP contribution < -0.4 is 5.32 Å². The van der Waals surface area contributed by atoms with Crippen molar-refractivity contribution >= 4 is 0 Å². The molecule has 0 aliphatic heterocycles. The van der Waals surface area contributed by atoms with Gasteiger partial charge >= 0.3 is 0 Å². The smallest absolute Gasteiger partial charge is 0.131 e. The zero-order valence-corrected chi connectivity index (χ0v) is 13.7. The Hall–Kier alpha value is -1.00. The maximum absolute atomic E-state index is 5.04. The summed E-state index contributed by atoms with van der Waals surface area (Å²) in [6.07, 6.45) is 7.55. The molecule has 4 heteroatoms. The van der Waals surface area contributed by atoms with Gasteiger partial charge in [-0.15, -0.1) is 0 Å². The quantitative estimate of drug-likeness (QED) is 0.785. The molecular weight excluding hydrogens is 262 g/mol. The highest BCUT2D eigenvalue weighted by atomic mass is 16.5. The summed E-state index contributed by atoms with van der Waals surface area (Å²) in [7, 11) is 1.73. The van der Waals surface area contributed by atoms with Crippen LogP contribution in [-0.2, 0) is 11.2 Å². The van der Waals surface area contributed by atoms with Crippen LogP contribution in [0.1, 0.15) is 60.8 Å². The third-order valence-electron chi connectivity index (χ3n) is 4.44. The van der Waals surface area contributed by atoms with Crippen LogP contribution in [0.5, 0.6) is 0 Å². The maximum Gasteiger partial charge on any atom is 0.131 e. The minimum atomic E-state index is 0.588. The van der Waals surface area contributed by atoms with Crippen molar-refractivity contribution in [2.45, 2.75) is 58.3 Å². The van der Waals surface area contributed by atoms with E-state index in [-0.39, 0.29) is 0 Å². The minimum absolute atomic E-state index is 0.588. The normalized spacial score (nSPS) is 16.3. The number of nitrogens with zero attached hydrogens (tertiary/aromatic N) is 2. The molecule has 0 amide bonds. The zero-order chi connectivity index (χ0) is 15.1. The standard InChI is InChI=1S/C17H29N3O/c1-13-16(9-10-18-11-12-21-3)14(2)20-17(19-13)15-7-5-4-6-8-15/h15,18H,4-12H2,1-3H3. The van der Waals surface area contributed by atoms with Gasteiger partial charge < -0.3 is 10.1 Å². The predicted octanol–water partition coefficient (Wildman–Crippen LogP) is 2.92. The molecule has 2 rings (SSSR count). The Labute approximate surface area is 128 Å². The summed E-state index contributed by atoms with van der Waals surface area (Å²) in [5.74, 6) is 1.67. The Balaban J connectivity index is 1.96. The van der Waals surface area contributed by atoms with Crippen molar-refractivity contribution < 1.29 is 4.74 Å². The van der Waals surface area contributed by atoms with Crippen molar-refractivity contribution in [3.63, 3.8) is 0 Å². The number of hydrogen-bond donors (Lipinski definition) is 1. The van der Waals surface area contributed by atoms with Gasteiger partial charge in [-0.2, -0.15) is 0 Å². The molecule has 0 atom stereocenters. The average Bonchev–Trinajstić information content (AvgIpc) is 2.50. The van der Waals surface area contributed by atoms with Crippen LogP contribution in [0.3, 0.4) is 0 Å². The summed E-state index contributed by atoms with van der Waals surface area (Å²) in [6.45, 7) is 6.87. The van der Waals surface area contributed by atoms with E-state index in [4.69, 9.17) is 14.7 Å². The predicted molar refractivity (Wildman–Crippen MR) is 85.8 cm³/mol. The molecule has 0 aromatic carbocycles. The third kappa shape index (κ3) is 4.75.